The highest BCUT2D eigenvalue weighted by atomic mass is 19.1. The third kappa shape index (κ3) is 5.65. The number of carbonyl (C=O) groups excluding carboxylic acids is 2. The molecular weight excluding hydrogens is 435 g/mol. The van der Waals surface area contributed by atoms with Crippen LogP contribution >= 0.6 is 0 Å². The van der Waals surface area contributed by atoms with Gasteiger partial charge in [-0.2, -0.15) is 0 Å². The summed E-state index contributed by atoms with van der Waals surface area (Å²) in [6, 6.07) is 11.4. The maximum absolute atomic E-state index is 13.4. The molecule has 2 aromatic carbocycles. The molecule has 0 aliphatic carbocycles. The molecule has 0 spiro atoms. The monoisotopic (exact) mass is 468 g/mol. The van der Waals surface area contributed by atoms with Crippen molar-refractivity contribution in [3.05, 3.63) is 71.0 Å². The number of likely N-dealkylation sites (tertiary alicyclic amines) is 1. The number of ketones is 1. The first-order valence-electron chi connectivity index (χ1n) is 12.0. The Hall–Kier alpha value is -3.19. The Balaban J connectivity index is 2.03. The summed E-state index contributed by atoms with van der Waals surface area (Å²) in [5.41, 5.74) is 0.725. The fourth-order valence-corrected chi connectivity index (χ4v) is 4.30. The third-order valence-electron chi connectivity index (χ3n) is 6.21. The molecule has 0 radical (unpaired) electrons. The lowest BCUT2D eigenvalue weighted by atomic mass is 9.95. The number of halogens is 1. The van der Waals surface area contributed by atoms with Gasteiger partial charge in [0.05, 0.1) is 32.3 Å². The number of ether oxygens (including phenoxy) is 1. The molecule has 0 aromatic heterocycles. The molecule has 2 aromatic rings. The molecule has 0 saturated carbocycles. The van der Waals surface area contributed by atoms with Gasteiger partial charge in [-0.3, -0.25) is 9.59 Å². The zero-order chi connectivity index (χ0) is 24.7. The van der Waals surface area contributed by atoms with Crippen molar-refractivity contribution in [3.63, 3.8) is 0 Å². The summed E-state index contributed by atoms with van der Waals surface area (Å²) >= 11 is 0. The Bertz CT molecular complexity index is 1030. The van der Waals surface area contributed by atoms with Crippen LogP contribution in [0.2, 0.25) is 0 Å². The van der Waals surface area contributed by atoms with Crippen molar-refractivity contribution in [1.82, 2.24) is 4.90 Å². The molecule has 1 heterocycles. The van der Waals surface area contributed by atoms with E-state index >= 15 is 0 Å². The Morgan fingerprint density at radius 2 is 1.79 bits per heavy atom. The van der Waals surface area contributed by atoms with E-state index in [0.29, 0.717) is 30.9 Å². The number of rotatable bonds is 11. The molecule has 1 saturated heterocycles. The van der Waals surface area contributed by atoms with Gasteiger partial charge in [0.2, 0.25) is 5.78 Å². The van der Waals surface area contributed by atoms with E-state index in [4.69, 9.17) is 4.74 Å². The van der Waals surface area contributed by atoms with Crippen LogP contribution in [0.5, 0.6) is 5.75 Å². The van der Waals surface area contributed by atoms with Gasteiger partial charge >= 0.3 is 0 Å². The Morgan fingerprint density at radius 1 is 1.09 bits per heavy atom. The van der Waals surface area contributed by atoms with Crippen molar-refractivity contribution in [2.75, 3.05) is 32.8 Å². The molecule has 1 N–H and O–H groups in total. The van der Waals surface area contributed by atoms with E-state index in [2.05, 4.69) is 13.8 Å². The van der Waals surface area contributed by atoms with Gasteiger partial charge in [0.1, 0.15) is 11.6 Å². The fourth-order valence-electron chi connectivity index (χ4n) is 4.30. The predicted molar refractivity (Wildman–Crippen MR) is 127 cm³/mol. The zero-order valence-electron chi connectivity index (χ0n) is 20.1. The standard InChI is InChI=1S/C27H33FN2O4/c1-4-17-34-22-10-7-9-20(18-22)24-23(25(31)19-11-13-21(28)14-12-19)26(32)27(33)30(24)16-8-15-29(5-2)6-3/h7,9-14,18,24,31H,4-6,8,15-17H2,1-3H3/b25-23+. The summed E-state index contributed by atoms with van der Waals surface area (Å²) < 4.78 is 19.2. The minimum atomic E-state index is -0.811. The molecule has 1 amide bonds. The summed E-state index contributed by atoms with van der Waals surface area (Å²) in [6.45, 7) is 9.94. The molecule has 34 heavy (non-hydrogen) atoms. The van der Waals surface area contributed by atoms with Crippen LogP contribution in [0.15, 0.2) is 54.1 Å². The SMILES string of the molecule is CCCOc1cccc(C2/C(=C(\[O-])c3ccc(F)cc3)C(=O)C(=O)N2CCC[NH+](CC)CC)c1. The van der Waals surface area contributed by atoms with Gasteiger partial charge in [-0.15, -0.1) is 0 Å². The molecule has 1 aliphatic heterocycles. The number of benzene rings is 2. The zero-order valence-corrected chi connectivity index (χ0v) is 20.1. The van der Waals surface area contributed by atoms with E-state index in [1.807, 2.05) is 13.0 Å². The van der Waals surface area contributed by atoms with Gasteiger partial charge in [-0.05, 0) is 55.7 Å². The minimum absolute atomic E-state index is 0.0977. The lowest BCUT2D eigenvalue weighted by Gasteiger charge is -2.28. The Kier molecular flexibility index (Phi) is 8.82. The predicted octanol–water partition coefficient (Wildman–Crippen LogP) is 2.15. The Labute approximate surface area is 200 Å². The summed E-state index contributed by atoms with van der Waals surface area (Å²) in [5, 5.41) is 13.4. The van der Waals surface area contributed by atoms with Crippen LogP contribution in [0.1, 0.15) is 50.8 Å². The highest BCUT2D eigenvalue weighted by molar-refractivity contribution is 6.46. The molecule has 1 unspecified atom stereocenters. The van der Waals surface area contributed by atoms with Crippen molar-refractivity contribution in [2.45, 2.75) is 39.7 Å². The number of amides is 1. The van der Waals surface area contributed by atoms with E-state index in [1.54, 1.807) is 18.2 Å². The first kappa shape index (κ1) is 25.4. The van der Waals surface area contributed by atoms with Crippen molar-refractivity contribution in [1.29, 1.82) is 0 Å². The number of hydrogen-bond donors (Lipinski definition) is 1. The maximum Gasteiger partial charge on any atom is 0.295 e. The van der Waals surface area contributed by atoms with E-state index in [9.17, 15) is 19.1 Å². The molecule has 6 nitrogen and oxygen atoms in total. The maximum atomic E-state index is 13.4. The fraction of sp³-hybridized carbons (Fsp3) is 0.407. The average Bonchev–Trinajstić information content (AvgIpc) is 3.10. The van der Waals surface area contributed by atoms with Gasteiger partial charge in [0.25, 0.3) is 5.91 Å². The lowest BCUT2D eigenvalue weighted by Crippen LogP contribution is -3.11. The molecule has 1 atom stereocenters. The number of nitrogens with one attached hydrogen (secondary N) is 1. The van der Waals surface area contributed by atoms with Crippen molar-refractivity contribution < 1.29 is 28.7 Å². The summed E-state index contributed by atoms with van der Waals surface area (Å²) in [5.74, 6) is -1.89. The number of hydrogen-bond acceptors (Lipinski definition) is 4. The van der Waals surface area contributed by atoms with Gasteiger partial charge in [-0.25, -0.2) is 4.39 Å². The van der Waals surface area contributed by atoms with E-state index < -0.39 is 29.3 Å². The van der Waals surface area contributed by atoms with Crippen LogP contribution in [0.3, 0.4) is 0 Å². The molecule has 3 rings (SSSR count). The van der Waals surface area contributed by atoms with Gasteiger partial charge in [0, 0.05) is 18.5 Å². The van der Waals surface area contributed by atoms with E-state index in [-0.39, 0.29) is 11.1 Å². The highest BCUT2D eigenvalue weighted by Crippen LogP contribution is 2.39. The summed E-state index contributed by atoms with van der Waals surface area (Å²) in [6.07, 6.45) is 1.54. The van der Waals surface area contributed by atoms with Crippen LogP contribution in [0.4, 0.5) is 4.39 Å². The number of Topliss-reactive ketones (excluding diaryl/α,β-unsaturated/α-hetero) is 1. The molecule has 0 bridgehead atoms. The van der Waals surface area contributed by atoms with Crippen molar-refractivity contribution in [2.24, 2.45) is 0 Å². The number of nitrogens with zero attached hydrogens (tertiary/aromatic N) is 1. The highest BCUT2D eigenvalue weighted by Gasteiger charge is 2.44. The second-order valence-electron chi connectivity index (χ2n) is 8.46. The lowest BCUT2D eigenvalue weighted by molar-refractivity contribution is -0.896. The first-order valence-corrected chi connectivity index (χ1v) is 12.0. The quantitative estimate of drug-likeness (QED) is 0.312. The smallest absolute Gasteiger partial charge is 0.295 e. The van der Waals surface area contributed by atoms with Crippen LogP contribution in [-0.4, -0.2) is 49.4 Å². The first-order chi connectivity index (χ1) is 16.4. The number of carbonyl (C=O) groups is 2. The molecule has 7 heteroatoms. The second kappa shape index (κ2) is 11.8. The van der Waals surface area contributed by atoms with Crippen molar-refractivity contribution >= 4 is 17.4 Å². The summed E-state index contributed by atoms with van der Waals surface area (Å²) in [7, 11) is 0. The molecule has 182 valence electrons. The number of quaternary nitrogens is 1. The van der Waals surface area contributed by atoms with Gasteiger partial charge in [-0.1, -0.05) is 36.9 Å². The third-order valence-corrected chi connectivity index (χ3v) is 6.21. The second-order valence-corrected chi connectivity index (χ2v) is 8.46. The normalized spacial score (nSPS) is 17.6. The van der Waals surface area contributed by atoms with Crippen LogP contribution in [0.25, 0.3) is 5.76 Å². The molecular formula is C27H33FN2O4. The van der Waals surface area contributed by atoms with Crippen LogP contribution in [0, 0.1) is 5.82 Å². The van der Waals surface area contributed by atoms with E-state index in [1.165, 1.54) is 34.1 Å². The topological polar surface area (TPSA) is 74.1 Å². The van der Waals surface area contributed by atoms with Gasteiger partial charge < -0.3 is 19.6 Å². The van der Waals surface area contributed by atoms with Crippen molar-refractivity contribution in [3.8, 4) is 5.75 Å². The Morgan fingerprint density at radius 3 is 2.44 bits per heavy atom. The average molecular weight is 469 g/mol. The molecule has 1 aliphatic rings. The molecule has 1 fully saturated rings. The van der Waals surface area contributed by atoms with E-state index in [0.717, 1.165) is 26.1 Å². The largest absolute Gasteiger partial charge is 0.872 e. The summed E-state index contributed by atoms with van der Waals surface area (Å²) in [4.78, 5) is 29.1. The minimum Gasteiger partial charge on any atom is -0.872 e. The van der Waals surface area contributed by atoms with Crippen LogP contribution < -0.4 is 14.7 Å². The van der Waals surface area contributed by atoms with Crippen LogP contribution in [-0.2, 0) is 9.59 Å². The van der Waals surface area contributed by atoms with Gasteiger partial charge in [0.15, 0.2) is 0 Å².